The van der Waals surface area contributed by atoms with Crippen molar-refractivity contribution in [3.8, 4) is 11.8 Å². The van der Waals surface area contributed by atoms with E-state index in [0.717, 1.165) is 0 Å². The minimum atomic E-state index is -0.525. The number of aromatic nitrogens is 3. The van der Waals surface area contributed by atoms with Gasteiger partial charge in [-0.3, -0.25) is 4.79 Å². The highest BCUT2D eigenvalue weighted by atomic mass is 19.1. The van der Waals surface area contributed by atoms with Crippen LogP contribution in [-0.2, 0) is 4.79 Å². The Balaban J connectivity index is 1.59. The van der Waals surface area contributed by atoms with Crippen molar-refractivity contribution in [2.24, 2.45) is 0 Å². The van der Waals surface area contributed by atoms with Crippen molar-refractivity contribution in [3.63, 3.8) is 0 Å². The molecule has 0 aliphatic heterocycles. The van der Waals surface area contributed by atoms with Crippen LogP contribution in [0.4, 0.5) is 15.8 Å². The minimum Gasteiger partial charge on any atom is -0.376 e. The highest BCUT2D eigenvalue weighted by molar-refractivity contribution is 5.93. The van der Waals surface area contributed by atoms with Gasteiger partial charge in [0, 0.05) is 11.4 Å². The summed E-state index contributed by atoms with van der Waals surface area (Å²) in [6, 6.07) is 13.0. The molecule has 0 saturated heterocycles. The summed E-state index contributed by atoms with van der Waals surface area (Å²) >= 11 is 0. The Morgan fingerprint density at radius 2 is 1.96 bits per heavy atom. The molecule has 0 radical (unpaired) electrons. The SMILES string of the molecule is N#Cc1ccc(NCC(=O)Nc2ccc(-n3cncn3)c(F)c2)cc1. The van der Waals surface area contributed by atoms with Crippen molar-refractivity contribution in [2.45, 2.75) is 0 Å². The lowest BCUT2D eigenvalue weighted by Gasteiger charge is -2.09. The van der Waals surface area contributed by atoms with E-state index in [2.05, 4.69) is 20.7 Å². The molecule has 1 aromatic heterocycles. The van der Waals surface area contributed by atoms with Gasteiger partial charge in [0.1, 0.15) is 18.3 Å². The van der Waals surface area contributed by atoms with Gasteiger partial charge in [-0.15, -0.1) is 0 Å². The van der Waals surface area contributed by atoms with Crippen LogP contribution in [0.25, 0.3) is 5.69 Å². The molecular formula is C17H13FN6O. The Labute approximate surface area is 142 Å². The Morgan fingerprint density at radius 1 is 1.20 bits per heavy atom. The molecule has 0 atom stereocenters. The zero-order chi connectivity index (χ0) is 17.6. The molecule has 124 valence electrons. The quantitative estimate of drug-likeness (QED) is 0.745. The van der Waals surface area contributed by atoms with E-state index >= 15 is 0 Å². The van der Waals surface area contributed by atoms with Crippen molar-refractivity contribution < 1.29 is 9.18 Å². The maximum absolute atomic E-state index is 14.1. The first-order valence-corrected chi connectivity index (χ1v) is 7.34. The van der Waals surface area contributed by atoms with Crippen LogP contribution in [0.3, 0.4) is 0 Å². The molecule has 0 aliphatic rings. The molecule has 0 saturated carbocycles. The number of hydrogen-bond donors (Lipinski definition) is 2. The summed E-state index contributed by atoms with van der Waals surface area (Å²) in [7, 11) is 0. The number of nitrogens with zero attached hydrogens (tertiary/aromatic N) is 4. The first-order chi connectivity index (χ1) is 12.2. The van der Waals surface area contributed by atoms with Gasteiger partial charge in [0.15, 0.2) is 5.82 Å². The normalized spacial score (nSPS) is 10.1. The average Bonchev–Trinajstić information content (AvgIpc) is 3.15. The van der Waals surface area contributed by atoms with E-state index in [1.54, 1.807) is 30.3 Å². The molecule has 2 N–H and O–H groups in total. The van der Waals surface area contributed by atoms with E-state index in [1.165, 1.54) is 29.5 Å². The first kappa shape index (κ1) is 16.1. The van der Waals surface area contributed by atoms with Crippen molar-refractivity contribution in [1.29, 1.82) is 5.26 Å². The topological polar surface area (TPSA) is 95.6 Å². The number of nitriles is 1. The van der Waals surface area contributed by atoms with Crippen LogP contribution in [-0.4, -0.2) is 27.2 Å². The molecule has 25 heavy (non-hydrogen) atoms. The number of rotatable bonds is 5. The largest absolute Gasteiger partial charge is 0.376 e. The number of halogens is 1. The molecule has 1 heterocycles. The smallest absolute Gasteiger partial charge is 0.243 e. The molecule has 8 heteroatoms. The number of benzene rings is 2. The molecule has 2 aromatic carbocycles. The number of amides is 1. The number of anilines is 2. The van der Waals surface area contributed by atoms with Crippen molar-refractivity contribution >= 4 is 17.3 Å². The predicted molar refractivity (Wildman–Crippen MR) is 89.6 cm³/mol. The zero-order valence-corrected chi connectivity index (χ0v) is 13.0. The van der Waals surface area contributed by atoms with Gasteiger partial charge < -0.3 is 10.6 Å². The Hall–Kier alpha value is -3.73. The number of nitrogens with one attached hydrogen (secondary N) is 2. The second kappa shape index (κ2) is 7.23. The second-order valence-electron chi connectivity index (χ2n) is 5.10. The standard InChI is InChI=1S/C17H13FN6O/c18-15-7-14(5-6-16(15)24-11-20-10-22-24)23-17(25)9-21-13-3-1-12(8-19)2-4-13/h1-7,10-11,21H,9H2,(H,23,25). The summed E-state index contributed by atoms with van der Waals surface area (Å²) < 4.78 is 15.4. The fourth-order valence-electron chi connectivity index (χ4n) is 2.15. The van der Waals surface area contributed by atoms with E-state index in [1.807, 2.05) is 6.07 Å². The molecule has 1 amide bonds. The summed E-state index contributed by atoms with van der Waals surface area (Å²) in [6.07, 6.45) is 2.70. The van der Waals surface area contributed by atoms with Crippen LogP contribution in [0, 0.1) is 17.1 Å². The summed E-state index contributed by atoms with van der Waals surface area (Å²) in [6.45, 7) is 0.0122. The summed E-state index contributed by atoms with van der Waals surface area (Å²) in [4.78, 5) is 15.7. The monoisotopic (exact) mass is 336 g/mol. The lowest BCUT2D eigenvalue weighted by Crippen LogP contribution is -2.21. The Bertz CT molecular complexity index is 915. The van der Waals surface area contributed by atoms with Crippen LogP contribution in [0.2, 0.25) is 0 Å². The molecule has 3 rings (SSSR count). The Morgan fingerprint density at radius 3 is 2.60 bits per heavy atom. The zero-order valence-electron chi connectivity index (χ0n) is 13.0. The van der Waals surface area contributed by atoms with E-state index in [9.17, 15) is 9.18 Å². The fraction of sp³-hybridized carbons (Fsp3) is 0.0588. The van der Waals surface area contributed by atoms with Crippen LogP contribution in [0.5, 0.6) is 0 Å². The lowest BCUT2D eigenvalue weighted by molar-refractivity contribution is -0.114. The number of hydrogen-bond acceptors (Lipinski definition) is 5. The van der Waals surface area contributed by atoms with Gasteiger partial charge in [0.25, 0.3) is 0 Å². The maximum atomic E-state index is 14.1. The summed E-state index contributed by atoms with van der Waals surface area (Å²) in [5, 5.41) is 18.1. The second-order valence-corrected chi connectivity index (χ2v) is 5.10. The van der Waals surface area contributed by atoms with E-state index in [0.29, 0.717) is 16.9 Å². The van der Waals surface area contributed by atoms with Gasteiger partial charge in [-0.1, -0.05) is 0 Å². The minimum absolute atomic E-state index is 0.0122. The number of carbonyl (C=O) groups is 1. The predicted octanol–water partition coefficient (Wildman–Crippen LogP) is 2.33. The van der Waals surface area contributed by atoms with Crippen LogP contribution < -0.4 is 10.6 Å². The van der Waals surface area contributed by atoms with Crippen molar-refractivity contribution in [2.75, 3.05) is 17.2 Å². The average molecular weight is 336 g/mol. The van der Waals surface area contributed by atoms with Gasteiger partial charge >= 0.3 is 0 Å². The van der Waals surface area contributed by atoms with Gasteiger partial charge in [-0.05, 0) is 42.5 Å². The van der Waals surface area contributed by atoms with Crippen molar-refractivity contribution in [3.05, 3.63) is 66.5 Å². The van der Waals surface area contributed by atoms with Gasteiger partial charge in [-0.2, -0.15) is 10.4 Å². The fourth-order valence-corrected chi connectivity index (χ4v) is 2.15. The molecule has 0 spiro atoms. The third-order valence-corrected chi connectivity index (χ3v) is 3.36. The van der Waals surface area contributed by atoms with Crippen LogP contribution >= 0.6 is 0 Å². The van der Waals surface area contributed by atoms with Crippen LogP contribution in [0.15, 0.2) is 55.1 Å². The first-order valence-electron chi connectivity index (χ1n) is 7.34. The molecule has 0 aliphatic carbocycles. The van der Waals surface area contributed by atoms with E-state index < -0.39 is 5.82 Å². The third kappa shape index (κ3) is 3.97. The van der Waals surface area contributed by atoms with Gasteiger partial charge in [-0.25, -0.2) is 14.1 Å². The highest BCUT2D eigenvalue weighted by Crippen LogP contribution is 2.17. The number of carbonyl (C=O) groups excluding carboxylic acids is 1. The van der Waals surface area contributed by atoms with Crippen LogP contribution in [0.1, 0.15) is 5.56 Å². The summed E-state index contributed by atoms with van der Waals surface area (Å²) in [5.41, 5.74) is 1.83. The Kier molecular flexibility index (Phi) is 4.67. The molecule has 0 unspecified atom stereocenters. The molecule has 0 bridgehead atoms. The van der Waals surface area contributed by atoms with Gasteiger partial charge in [0.05, 0.1) is 18.2 Å². The molecular weight excluding hydrogens is 323 g/mol. The maximum Gasteiger partial charge on any atom is 0.243 e. The lowest BCUT2D eigenvalue weighted by atomic mass is 10.2. The molecule has 7 nitrogen and oxygen atoms in total. The van der Waals surface area contributed by atoms with E-state index in [4.69, 9.17) is 5.26 Å². The van der Waals surface area contributed by atoms with Gasteiger partial charge in [0.2, 0.25) is 5.91 Å². The third-order valence-electron chi connectivity index (χ3n) is 3.36. The molecule has 0 fully saturated rings. The highest BCUT2D eigenvalue weighted by Gasteiger charge is 2.08. The summed E-state index contributed by atoms with van der Waals surface area (Å²) in [5.74, 6) is -0.847. The van der Waals surface area contributed by atoms with E-state index in [-0.39, 0.29) is 18.1 Å². The molecule has 3 aromatic rings. The van der Waals surface area contributed by atoms with Crippen molar-refractivity contribution in [1.82, 2.24) is 14.8 Å².